The van der Waals surface area contributed by atoms with Gasteiger partial charge in [0.25, 0.3) is 21.9 Å². The van der Waals surface area contributed by atoms with Crippen molar-refractivity contribution >= 4 is 57.1 Å². The molecule has 15 nitrogen and oxygen atoms in total. The van der Waals surface area contributed by atoms with Crippen molar-refractivity contribution in [2.75, 3.05) is 40.0 Å². The van der Waals surface area contributed by atoms with E-state index in [4.69, 9.17) is 13.7 Å². The van der Waals surface area contributed by atoms with Crippen LogP contribution in [-0.2, 0) is 57.3 Å². The average Bonchev–Trinajstić information content (AvgIpc) is 2.93. The number of β-lactam (4-membered cyclic amide) rings is 1. The zero-order chi connectivity index (χ0) is 30.3. The van der Waals surface area contributed by atoms with Crippen LogP contribution in [0.5, 0.6) is 0 Å². The van der Waals surface area contributed by atoms with Crippen LogP contribution in [0.25, 0.3) is 0 Å². The first-order valence-corrected chi connectivity index (χ1v) is 14.2. The predicted octanol–water partition coefficient (Wildman–Crippen LogP) is -0.364. The van der Waals surface area contributed by atoms with Crippen molar-refractivity contribution in [3.63, 3.8) is 0 Å². The molecule has 2 heterocycles. The maximum Gasteiger partial charge on any atom is 0.358 e. The SMILES string of the molecule is COCC1=C(C(=O)OCOC(C)=O)N2C(=O)C(NC(=O)/C(=N\OC)C(=O)COS(=O)(=O)c3ccc(C)cc3)[C@H]2SC1. The van der Waals surface area contributed by atoms with Crippen LogP contribution < -0.4 is 5.32 Å². The minimum Gasteiger partial charge on any atom is -0.428 e. The van der Waals surface area contributed by atoms with E-state index in [1.807, 2.05) is 0 Å². The number of amides is 2. The molecule has 0 radical (unpaired) electrons. The summed E-state index contributed by atoms with van der Waals surface area (Å²) < 4.78 is 44.3. The van der Waals surface area contributed by atoms with Gasteiger partial charge in [-0.2, -0.15) is 8.42 Å². The number of esters is 2. The lowest BCUT2D eigenvalue weighted by atomic mass is 10.0. The highest BCUT2D eigenvalue weighted by Crippen LogP contribution is 2.40. The average molecular weight is 614 g/mol. The quantitative estimate of drug-likeness (QED) is 0.0577. The third-order valence-electron chi connectivity index (χ3n) is 5.61. The van der Waals surface area contributed by atoms with Crippen molar-refractivity contribution in [3.05, 3.63) is 41.1 Å². The number of fused-ring (bicyclic) bond motifs is 1. The van der Waals surface area contributed by atoms with Crippen molar-refractivity contribution in [2.24, 2.45) is 5.16 Å². The maximum absolute atomic E-state index is 13.0. The molecule has 0 saturated carbocycles. The standard InChI is InChI=1S/C24H27N3O12S2/c1-13-5-7-16(8-6-13)41(33,34)39-10-17(29)18(26-36-4)21(30)25-19-22(31)27-20(24(32)38-12-37-14(2)28)15(9-35-3)11-40-23(19)27/h5-8,19,23H,9-12H2,1-4H3,(H,25,30)/b26-18-/t19?,23-/m1/s1. The molecule has 2 aliphatic heterocycles. The predicted molar refractivity (Wildman–Crippen MR) is 140 cm³/mol. The lowest BCUT2D eigenvalue weighted by Gasteiger charge is -2.49. The van der Waals surface area contributed by atoms with Gasteiger partial charge in [-0.15, -0.1) is 11.8 Å². The van der Waals surface area contributed by atoms with Crippen LogP contribution in [0, 0.1) is 6.92 Å². The number of carbonyl (C=O) groups is 5. The molecule has 3 rings (SSSR count). The number of aryl methyl sites for hydroxylation is 1. The fourth-order valence-electron chi connectivity index (χ4n) is 3.68. The van der Waals surface area contributed by atoms with Gasteiger partial charge in [0.1, 0.15) is 30.8 Å². The van der Waals surface area contributed by atoms with Crippen LogP contribution in [-0.4, -0.2) is 100.0 Å². The van der Waals surface area contributed by atoms with E-state index in [1.165, 1.54) is 31.0 Å². The molecule has 1 saturated heterocycles. The largest absolute Gasteiger partial charge is 0.428 e. The Bertz CT molecular complexity index is 1390. The summed E-state index contributed by atoms with van der Waals surface area (Å²) in [5.74, 6) is -4.34. The number of nitrogens with zero attached hydrogens (tertiary/aromatic N) is 2. The third-order valence-corrected chi connectivity index (χ3v) is 8.23. The first kappa shape index (κ1) is 31.7. The minimum atomic E-state index is -4.32. The van der Waals surface area contributed by atoms with Crippen LogP contribution in [0.4, 0.5) is 0 Å². The van der Waals surface area contributed by atoms with Crippen molar-refractivity contribution in [2.45, 2.75) is 30.2 Å². The normalized spacial score (nSPS) is 18.7. The Hall–Kier alpha value is -3.80. The van der Waals surface area contributed by atoms with Gasteiger partial charge < -0.3 is 24.4 Å². The van der Waals surface area contributed by atoms with Crippen LogP contribution >= 0.6 is 11.8 Å². The molecule has 41 heavy (non-hydrogen) atoms. The molecule has 2 atom stereocenters. The second-order valence-corrected chi connectivity index (χ2v) is 11.2. The fraction of sp³-hybridized carbons (Fsp3) is 0.417. The van der Waals surface area contributed by atoms with E-state index >= 15 is 0 Å². The first-order chi connectivity index (χ1) is 19.4. The third kappa shape index (κ3) is 7.49. The number of thioether (sulfide) groups is 1. The number of rotatable bonds is 13. The maximum atomic E-state index is 13.0. The molecule has 0 aromatic heterocycles. The van der Waals surface area contributed by atoms with Crippen LogP contribution in [0.3, 0.4) is 0 Å². The molecule has 222 valence electrons. The smallest absolute Gasteiger partial charge is 0.358 e. The number of hydrogen-bond acceptors (Lipinski definition) is 14. The van der Waals surface area contributed by atoms with Crippen molar-refractivity contribution in [1.29, 1.82) is 0 Å². The van der Waals surface area contributed by atoms with Gasteiger partial charge in [-0.25, -0.2) is 4.79 Å². The molecule has 0 aliphatic carbocycles. The summed E-state index contributed by atoms with van der Waals surface area (Å²) in [6.45, 7) is 1.17. The van der Waals surface area contributed by atoms with E-state index < -0.39 is 70.2 Å². The molecular formula is C24H27N3O12S2. The second-order valence-electron chi connectivity index (χ2n) is 8.51. The van der Waals surface area contributed by atoms with Gasteiger partial charge in [0.05, 0.1) is 11.5 Å². The van der Waals surface area contributed by atoms with E-state index in [1.54, 1.807) is 19.1 Å². The van der Waals surface area contributed by atoms with E-state index in [9.17, 15) is 32.4 Å². The van der Waals surface area contributed by atoms with Gasteiger partial charge in [-0.1, -0.05) is 22.9 Å². The molecule has 2 amide bonds. The number of nitrogens with one attached hydrogen (secondary N) is 1. The minimum absolute atomic E-state index is 0.00314. The first-order valence-electron chi connectivity index (χ1n) is 11.8. The molecule has 0 bridgehead atoms. The summed E-state index contributed by atoms with van der Waals surface area (Å²) in [4.78, 5) is 67.8. The number of ether oxygens (including phenoxy) is 3. The molecule has 2 aliphatic rings. The van der Waals surface area contributed by atoms with Gasteiger partial charge in [-0.3, -0.25) is 28.3 Å². The van der Waals surface area contributed by atoms with Crippen LogP contribution in [0.2, 0.25) is 0 Å². The topological polar surface area (TPSA) is 193 Å². The molecule has 17 heteroatoms. The number of carbonyl (C=O) groups excluding carboxylic acids is 5. The van der Waals surface area contributed by atoms with E-state index in [0.29, 0.717) is 5.57 Å². The van der Waals surface area contributed by atoms with Gasteiger partial charge in [0.15, 0.2) is 0 Å². The highest BCUT2D eigenvalue weighted by molar-refractivity contribution is 8.00. The fourth-order valence-corrected chi connectivity index (χ4v) is 5.88. The molecule has 1 unspecified atom stereocenters. The monoisotopic (exact) mass is 613 g/mol. The number of oxime groups is 1. The zero-order valence-corrected chi connectivity index (χ0v) is 24.0. The van der Waals surface area contributed by atoms with Gasteiger partial charge >= 0.3 is 11.9 Å². The van der Waals surface area contributed by atoms with E-state index in [0.717, 1.165) is 24.5 Å². The molecule has 1 aromatic rings. The summed E-state index contributed by atoms with van der Waals surface area (Å²) in [6.07, 6.45) is 0. The zero-order valence-electron chi connectivity index (χ0n) is 22.4. The Morgan fingerprint density at radius 1 is 1.12 bits per heavy atom. The van der Waals surface area contributed by atoms with Gasteiger partial charge in [0.2, 0.25) is 18.3 Å². The molecule has 0 spiro atoms. The lowest BCUT2D eigenvalue weighted by molar-refractivity contribution is -0.166. The Morgan fingerprint density at radius 2 is 1.80 bits per heavy atom. The molecular weight excluding hydrogens is 586 g/mol. The Morgan fingerprint density at radius 3 is 2.41 bits per heavy atom. The van der Waals surface area contributed by atoms with Crippen LogP contribution in [0.1, 0.15) is 12.5 Å². The Labute approximate surface area is 239 Å². The summed E-state index contributed by atoms with van der Waals surface area (Å²) in [6, 6.07) is 4.51. The van der Waals surface area contributed by atoms with Crippen molar-refractivity contribution in [3.8, 4) is 0 Å². The Balaban J connectivity index is 1.69. The molecule has 1 aromatic carbocycles. The summed E-state index contributed by atoms with van der Waals surface area (Å²) in [5, 5.41) is 4.99. The van der Waals surface area contributed by atoms with E-state index in [2.05, 4.69) is 20.0 Å². The van der Waals surface area contributed by atoms with Gasteiger partial charge in [0, 0.05) is 19.8 Å². The summed E-state index contributed by atoms with van der Waals surface area (Å²) in [5.41, 5.74) is 0.288. The van der Waals surface area contributed by atoms with Gasteiger partial charge in [-0.05, 0) is 24.6 Å². The summed E-state index contributed by atoms with van der Waals surface area (Å²) >= 11 is 1.21. The lowest BCUT2D eigenvalue weighted by Crippen LogP contribution is -2.71. The number of hydrogen-bond donors (Lipinski definition) is 1. The number of Topliss-reactive ketones (excluding diaryl/α,β-unsaturated/α-hetero) is 1. The molecule has 1 N–H and O–H groups in total. The highest BCUT2D eigenvalue weighted by atomic mass is 32.2. The van der Waals surface area contributed by atoms with Crippen LogP contribution in [0.15, 0.2) is 45.6 Å². The molecule has 1 fully saturated rings. The highest BCUT2D eigenvalue weighted by Gasteiger charge is 2.55. The number of methoxy groups -OCH3 is 1. The van der Waals surface area contributed by atoms with Crippen molar-refractivity contribution < 1.29 is 55.6 Å². The van der Waals surface area contributed by atoms with E-state index in [-0.39, 0.29) is 23.0 Å². The number of benzene rings is 1. The van der Waals surface area contributed by atoms with Crippen molar-refractivity contribution in [1.82, 2.24) is 10.2 Å². The second kappa shape index (κ2) is 13.7. The summed E-state index contributed by atoms with van der Waals surface area (Å²) in [7, 11) is -1.86. The Kier molecular flexibility index (Phi) is 10.6. The number of ketones is 1.